The number of thiophene rings is 1. The standard InChI is InChI=1S/C18H18N2O3S/c1-9-6-5-7-13(8-9)18(22)23-11(3)15-19-16(21)14-10(2)12(4)24-17(14)20-15/h5-8,11H,1-4H3,(H,19,20,21)/t11-/m1/s1. The van der Waals surface area contributed by atoms with Crippen molar-refractivity contribution in [2.45, 2.75) is 33.8 Å². The summed E-state index contributed by atoms with van der Waals surface area (Å²) in [7, 11) is 0. The van der Waals surface area contributed by atoms with Gasteiger partial charge in [-0.15, -0.1) is 11.3 Å². The van der Waals surface area contributed by atoms with E-state index >= 15 is 0 Å². The highest BCUT2D eigenvalue weighted by Gasteiger charge is 2.19. The Balaban J connectivity index is 1.90. The van der Waals surface area contributed by atoms with Gasteiger partial charge in [0.2, 0.25) is 0 Å². The fourth-order valence-electron chi connectivity index (χ4n) is 2.52. The Bertz CT molecular complexity index is 988. The summed E-state index contributed by atoms with van der Waals surface area (Å²) in [4.78, 5) is 33.5. The number of carbonyl (C=O) groups is 1. The van der Waals surface area contributed by atoms with E-state index in [2.05, 4.69) is 9.97 Å². The van der Waals surface area contributed by atoms with E-state index < -0.39 is 12.1 Å². The average molecular weight is 342 g/mol. The van der Waals surface area contributed by atoms with Crippen molar-refractivity contribution < 1.29 is 9.53 Å². The largest absolute Gasteiger partial charge is 0.451 e. The van der Waals surface area contributed by atoms with Crippen LogP contribution in [0.25, 0.3) is 10.2 Å². The first-order chi connectivity index (χ1) is 11.4. The molecular formula is C18H18N2O3S. The normalized spacial score (nSPS) is 12.3. The van der Waals surface area contributed by atoms with Crippen molar-refractivity contribution in [1.82, 2.24) is 9.97 Å². The summed E-state index contributed by atoms with van der Waals surface area (Å²) in [6.07, 6.45) is -0.641. The second-order valence-electron chi connectivity index (χ2n) is 5.83. The average Bonchev–Trinajstić information content (AvgIpc) is 2.82. The minimum atomic E-state index is -0.641. The Morgan fingerprint density at radius 3 is 2.75 bits per heavy atom. The first kappa shape index (κ1) is 16.4. The topological polar surface area (TPSA) is 72.0 Å². The molecule has 3 rings (SSSR count). The molecule has 5 nitrogen and oxygen atoms in total. The van der Waals surface area contributed by atoms with Crippen LogP contribution in [0.3, 0.4) is 0 Å². The minimum absolute atomic E-state index is 0.199. The zero-order chi connectivity index (χ0) is 17.4. The fraction of sp³-hybridized carbons (Fsp3) is 0.278. The minimum Gasteiger partial charge on any atom is -0.451 e. The van der Waals surface area contributed by atoms with Crippen LogP contribution in [0.1, 0.15) is 45.2 Å². The molecule has 0 spiro atoms. The number of carbonyl (C=O) groups excluding carboxylic acids is 1. The molecule has 3 aromatic rings. The van der Waals surface area contributed by atoms with Gasteiger partial charge in [0.15, 0.2) is 11.9 Å². The van der Waals surface area contributed by atoms with E-state index in [4.69, 9.17) is 4.74 Å². The van der Waals surface area contributed by atoms with Crippen molar-refractivity contribution in [2.75, 3.05) is 0 Å². The maximum absolute atomic E-state index is 12.3. The van der Waals surface area contributed by atoms with Gasteiger partial charge in [-0.05, 0) is 45.4 Å². The summed E-state index contributed by atoms with van der Waals surface area (Å²) < 4.78 is 5.45. The van der Waals surface area contributed by atoms with E-state index in [1.165, 1.54) is 11.3 Å². The third-order valence-corrected chi connectivity index (χ3v) is 5.08. The number of aromatic amines is 1. The van der Waals surface area contributed by atoms with Gasteiger partial charge in [-0.2, -0.15) is 0 Å². The number of aryl methyl sites for hydroxylation is 3. The number of benzene rings is 1. The smallest absolute Gasteiger partial charge is 0.338 e. The number of rotatable bonds is 3. The highest BCUT2D eigenvalue weighted by Crippen LogP contribution is 2.27. The molecule has 1 aromatic carbocycles. The summed E-state index contributed by atoms with van der Waals surface area (Å²) in [6, 6.07) is 7.18. The lowest BCUT2D eigenvalue weighted by Crippen LogP contribution is -2.17. The molecule has 0 bridgehead atoms. The number of ether oxygens (including phenoxy) is 1. The lowest BCUT2D eigenvalue weighted by Gasteiger charge is -2.12. The van der Waals surface area contributed by atoms with Gasteiger partial charge < -0.3 is 9.72 Å². The third kappa shape index (κ3) is 2.97. The van der Waals surface area contributed by atoms with Gasteiger partial charge in [0, 0.05) is 4.88 Å². The Morgan fingerprint density at radius 2 is 2.04 bits per heavy atom. The number of hydrogen-bond acceptors (Lipinski definition) is 5. The van der Waals surface area contributed by atoms with E-state index in [0.717, 1.165) is 16.0 Å². The Labute approximate surface area is 143 Å². The predicted molar refractivity (Wildman–Crippen MR) is 94.7 cm³/mol. The van der Waals surface area contributed by atoms with Crippen molar-refractivity contribution in [3.8, 4) is 0 Å². The monoisotopic (exact) mass is 342 g/mol. The van der Waals surface area contributed by atoms with Gasteiger partial charge in [0.25, 0.3) is 5.56 Å². The zero-order valence-electron chi connectivity index (χ0n) is 14.0. The van der Waals surface area contributed by atoms with Crippen LogP contribution >= 0.6 is 11.3 Å². The highest BCUT2D eigenvalue weighted by molar-refractivity contribution is 7.18. The molecule has 0 aliphatic heterocycles. The van der Waals surface area contributed by atoms with Crippen LogP contribution in [0.2, 0.25) is 0 Å². The molecule has 0 aliphatic rings. The molecule has 2 heterocycles. The van der Waals surface area contributed by atoms with Crippen LogP contribution in [0.5, 0.6) is 0 Å². The molecule has 24 heavy (non-hydrogen) atoms. The van der Waals surface area contributed by atoms with Gasteiger partial charge in [-0.1, -0.05) is 17.7 Å². The first-order valence-electron chi connectivity index (χ1n) is 7.64. The van der Waals surface area contributed by atoms with Crippen molar-refractivity contribution in [2.24, 2.45) is 0 Å². The van der Waals surface area contributed by atoms with Gasteiger partial charge >= 0.3 is 5.97 Å². The van der Waals surface area contributed by atoms with Gasteiger partial charge in [-0.25, -0.2) is 9.78 Å². The van der Waals surface area contributed by atoms with Crippen molar-refractivity contribution >= 4 is 27.5 Å². The summed E-state index contributed by atoms with van der Waals surface area (Å²) in [5.41, 5.74) is 2.21. The second kappa shape index (κ2) is 6.20. The van der Waals surface area contributed by atoms with Gasteiger partial charge in [0.1, 0.15) is 4.83 Å². The summed E-state index contributed by atoms with van der Waals surface area (Å²) in [5, 5.41) is 0.610. The molecule has 0 unspecified atom stereocenters. The number of nitrogens with zero attached hydrogens (tertiary/aromatic N) is 1. The van der Waals surface area contributed by atoms with Crippen molar-refractivity contribution in [3.63, 3.8) is 0 Å². The van der Waals surface area contributed by atoms with E-state index in [0.29, 0.717) is 21.6 Å². The van der Waals surface area contributed by atoms with Crippen LogP contribution in [0.4, 0.5) is 0 Å². The maximum Gasteiger partial charge on any atom is 0.338 e. The second-order valence-corrected chi connectivity index (χ2v) is 7.03. The van der Waals surface area contributed by atoms with Crippen LogP contribution in [-0.4, -0.2) is 15.9 Å². The van der Waals surface area contributed by atoms with Gasteiger partial charge in [-0.3, -0.25) is 4.79 Å². The number of aromatic nitrogens is 2. The number of esters is 1. The molecule has 0 amide bonds. The lowest BCUT2D eigenvalue weighted by atomic mass is 10.1. The fourth-order valence-corrected chi connectivity index (χ4v) is 3.56. The number of hydrogen-bond donors (Lipinski definition) is 1. The quantitative estimate of drug-likeness (QED) is 0.734. The number of nitrogens with one attached hydrogen (secondary N) is 1. The molecule has 2 aromatic heterocycles. The molecule has 0 saturated carbocycles. The van der Waals surface area contributed by atoms with Gasteiger partial charge in [0.05, 0.1) is 10.9 Å². The van der Waals surface area contributed by atoms with Crippen molar-refractivity contribution in [1.29, 1.82) is 0 Å². The van der Waals surface area contributed by atoms with Crippen LogP contribution < -0.4 is 5.56 Å². The first-order valence-corrected chi connectivity index (χ1v) is 8.46. The van der Waals surface area contributed by atoms with Crippen molar-refractivity contribution in [3.05, 3.63) is 62.0 Å². The molecular weight excluding hydrogens is 324 g/mol. The van der Waals surface area contributed by atoms with E-state index in [1.807, 2.05) is 26.8 Å². The van der Waals surface area contributed by atoms with Crippen LogP contribution in [-0.2, 0) is 4.74 Å². The molecule has 0 saturated heterocycles. The lowest BCUT2D eigenvalue weighted by molar-refractivity contribution is 0.0320. The molecule has 6 heteroatoms. The zero-order valence-corrected chi connectivity index (χ0v) is 14.8. The number of H-pyrrole nitrogens is 1. The maximum atomic E-state index is 12.3. The Morgan fingerprint density at radius 1 is 1.29 bits per heavy atom. The van der Waals surface area contributed by atoms with E-state index in [-0.39, 0.29) is 5.56 Å². The summed E-state index contributed by atoms with van der Waals surface area (Å²) in [6.45, 7) is 7.48. The summed E-state index contributed by atoms with van der Waals surface area (Å²) >= 11 is 1.47. The molecule has 0 aliphatic carbocycles. The number of fused-ring (bicyclic) bond motifs is 1. The predicted octanol–water partition coefficient (Wildman–Crippen LogP) is 3.83. The molecule has 1 atom stereocenters. The SMILES string of the molecule is Cc1cccc(C(=O)O[C@H](C)c2nc3sc(C)c(C)c3c(=O)[nH]2)c1. The Hall–Kier alpha value is -2.47. The highest BCUT2D eigenvalue weighted by atomic mass is 32.1. The molecule has 0 fully saturated rings. The molecule has 0 radical (unpaired) electrons. The van der Waals surface area contributed by atoms with E-state index in [9.17, 15) is 9.59 Å². The van der Waals surface area contributed by atoms with E-state index in [1.54, 1.807) is 25.1 Å². The molecule has 124 valence electrons. The summed E-state index contributed by atoms with van der Waals surface area (Å²) in [5.74, 6) is -0.0813. The third-order valence-electron chi connectivity index (χ3n) is 3.98. The van der Waals surface area contributed by atoms with Crippen LogP contribution in [0, 0.1) is 20.8 Å². The molecule has 1 N–H and O–H groups in total. The van der Waals surface area contributed by atoms with Crippen LogP contribution in [0.15, 0.2) is 29.1 Å². The Kier molecular flexibility index (Phi) is 4.24.